The Balaban J connectivity index is 1.96. The van der Waals surface area contributed by atoms with Crippen LogP contribution in [-0.4, -0.2) is 9.55 Å². The Morgan fingerprint density at radius 2 is 2.21 bits per heavy atom. The van der Waals surface area contributed by atoms with Crippen LogP contribution in [0, 0.1) is 6.92 Å². The molecule has 0 bridgehead atoms. The minimum atomic E-state index is 0.340. The van der Waals surface area contributed by atoms with E-state index in [9.17, 15) is 0 Å². The lowest BCUT2D eigenvalue weighted by atomic mass is 10.1. The third-order valence-corrected chi connectivity index (χ3v) is 3.37. The van der Waals surface area contributed by atoms with Crippen LogP contribution >= 0.6 is 0 Å². The van der Waals surface area contributed by atoms with Crippen molar-refractivity contribution in [1.82, 2.24) is 14.9 Å². The van der Waals surface area contributed by atoms with Gasteiger partial charge in [0.05, 0.1) is 6.54 Å². The topological polar surface area (TPSA) is 29.9 Å². The van der Waals surface area contributed by atoms with Crippen molar-refractivity contribution >= 4 is 0 Å². The van der Waals surface area contributed by atoms with E-state index in [4.69, 9.17) is 0 Å². The smallest absolute Gasteiger partial charge is 0.122 e. The Hall–Kier alpha value is -1.61. The standard InChI is InChI=1S/C16H23N3/c1-4-9-19-10-8-17-16(19)12-18-14(3)15-7-5-6-13(2)11-15/h5-8,10-11,14,18H,4,9,12H2,1-3H3/t14-/m0/s1. The van der Waals surface area contributed by atoms with E-state index in [0.717, 1.165) is 25.3 Å². The molecule has 0 saturated carbocycles. The molecule has 2 rings (SSSR count). The number of imidazole rings is 1. The zero-order valence-electron chi connectivity index (χ0n) is 12.1. The molecule has 0 aliphatic carbocycles. The molecule has 0 aliphatic heterocycles. The Labute approximate surface area is 115 Å². The number of aromatic nitrogens is 2. The Bertz CT molecular complexity index is 516. The summed E-state index contributed by atoms with van der Waals surface area (Å²) in [5, 5.41) is 3.54. The van der Waals surface area contributed by atoms with Gasteiger partial charge in [-0.1, -0.05) is 36.8 Å². The Kier molecular flexibility index (Phi) is 4.74. The first-order valence-electron chi connectivity index (χ1n) is 7.00. The number of benzene rings is 1. The fourth-order valence-electron chi connectivity index (χ4n) is 2.25. The van der Waals surface area contributed by atoms with Gasteiger partial charge in [0, 0.05) is 25.0 Å². The SMILES string of the molecule is CCCn1ccnc1CN[C@@H](C)c1cccc(C)c1. The maximum absolute atomic E-state index is 4.42. The summed E-state index contributed by atoms with van der Waals surface area (Å²) in [7, 11) is 0. The van der Waals surface area contributed by atoms with E-state index in [-0.39, 0.29) is 0 Å². The van der Waals surface area contributed by atoms with Crippen LogP contribution in [0.4, 0.5) is 0 Å². The van der Waals surface area contributed by atoms with Crippen LogP contribution in [0.2, 0.25) is 0 Å². The molecule has 0 unspecified atom stereocenters. The normalized spacial score (nSPS) is 12.6. The summed E-state index contributed by atoms with van der Waals surface area (Å²) in [5.41, 5.74) is 2.63. The minimum absolute atomic E-state index is 0.340. The molecule has 0 saturated heterocycles. The van der Waals surface area contributed by atoms with Crippen LogP contribution in [0.25, 0.3) is 0 Å². The molecule has 102 valence electrons. The molecular formula is C16H23N3. The maximum atomic E-state index is 4.42. The van der Waals surface area contributed by atoms with Gasteiger partial charge in [0.15, 0.2) is 0 Å². The largest absolute Gasteiger partial charge is 0.334 e. The highest BCUT2D eigenvalue weighted by molar-refractivity contribution is 5.24. The lowest BCUT2D eigenvalue weighted by molar-refractivity contribution is 0.532. The van der Waals surface area contributed by atoms with Crippen molar-refractivity contribution < 1.29 is 0 Å². The van der Waals surface area contributed by atoms with Crippen molar-refractivity contribution in [3.8, 4) is 0 Å². The van der Waals surface area contributed by atoms with Gasteiger partial charge in [0.2, 0.25) is 0 Å². The van der Waals surface area contributed by atoms with E-state index in [0.29, 0.717) is 6.04 Å². The number of aryl methyl sites for hydroxylation is 2. The molecule has 1 heterocycles. The molecule has 2 aromatic rings. The molecule has 0 spiro atoms. The summed E-state index contributed by atoms with van der Waals surface area (Å²) in [6.07, 6.45) is 5.07. The van der Waals surface area contributed by atoms with E-state index >= 15 is 0 Å². The summed E-state index contributed by atoms with van der Waals surface area (Å²) in [4.78, 5) is 4.42. The van der Waals surface area contributed by atoms with Gasteiger partial charge in [-0.2, -0.15) is 0 Å². The van der Waals surface area contributed by atoms with Gasteiger partial charge in [0.1, 0.15) is 5.82 Å². The van der Waals surface area contributed by atoms with Gasteiger partial charge in [-0.25, -0.2) is 4.98 Å². The summed E-state index contributed by atoms with van der Waals surface area (Å²) in [5.74, 6) is 1.11. The average Bonchev–Trinajstić information content (AvgIpc) is 2.84. The van der Waals surface area contributed by atoms with Crippen molar-refractivity contribution in [3.63, 3.8) is 0 Å². The van der Waals surface area contributed by atoms with E-state index < -0.39 is 0 Å². The van der Waals surface area contributed by atoms with Crippen molar-refractivity contribution in [1.29, 1.82) is 0 Å². The number of hydrogen-bond acceptors (Lipinski definition) is 2. The highest BCUT2D eigenvalue weighted by Crippen LogP contribution is 2.14. The molecule has 0 radical (unpaired) electrons. The van der Waals surface area contributed by atoms with Crippen molar-refractivity contribution in [2.45, 2.75) is 46.3 Å². The first kappa shape index (κ1) is 13.8. The van der Waals surface area contributed by atoms with E-state index in [1.807, 2.05) is 6.20 Å². The molecular weight excluding hydrogens is 234 g/mol. The second-order valence-electron chi connectivity index (χ2n) is 5.05. The quantitative estimate of drug-likeness (QED) is 0.859. The highest BCUT2D eigenvalue weighted by atomic mass is 15.1. The molecule has 1 aromatic carbocycles. The summed E-state index contributed by atoms with van der Waals surface area (Å²) < 4.78 is 2.22. The fourth-order valence-corrected chi connectivity index (χ4v) is 2.25. The number of nitrogens with zero attached hydrogens (tertiary/aromatic N) is 2. The molecule has 1 atom stereocenters. The van der Waals surface area contributed by atoms with Gasteiger partial charge >= 0.3 is 0 Å². The van der Waals surface area contributed by atoms with Crippen molar-refractivity contribution in [2.75, 3.05) is 0 Å². The summed E-state index contributed by atoms with van der Waals surface area (Å²) in [6, 6.07) is 8.98. The van der Waals surface area contributed by atoms with E-state index in [2.05, 4.69) is 66.1 Å². The molecule has 0 amide bonds. The molecule has 0 aliphatic rings. The van der Waals surface area contributed by atoms with Crippen LogP contribution in [0.1, 0.15) is 43.3 Å². The predicted molar refractivity (Wildman–Crippen MR) is 79.0 cm³/mol. The van der Waals surface area contributed by atoms with Gasteiger partial charge in [-0.15, -0.1) is 0 Å². The summed E-state index contributed by atoms with van der Waals surface area (Å²) >= 11 is 0. The lowest BCUT2D eigenvalue weighted by Gasteiger charge is -2.15. The maximum Gasteiger partial charge on any atom is 0.122 e. The molecule has 19 heavy (non-hydrogen) atoms. The zero-order chi connectivity index (χ0) is 13.7. The van der Waals surface area contributed by atoms with Gasteiger partial charge in [-0.05, 0) is 25.8 Å². The van der Waals surface area contributed by atoms with Crippen LogP contribution in [-0.2, 0) is 13.1 Å². The number of nitrogens with one attached hydrogen (secondary N) is 1. The predicted octanol–water partition coefficient (Wildman–Crippen LogP) is 3.45. The van der Waals surface area contributed by atoms with Gasteiger partial charge in [0.25, 0.3) is 0 Å². The molecule has 1 aromatic heterocycles. The first-order valence-corrected chi connectivity index (χ1v) is 7.00. The first-order chi connectivity index (χ1) is 9.20. The van der Waals surface area contributed by atoms with Crippen molar-refractivity contribution in [2.24, 2.45) is 0 Å². The van der Waals surface area contributed by atoms with Crippen molar-refractivity contribution in [3.05, 3.63) is 53.6 Å². The van der Waals surface area contributed by atoms with Crippen LogP contribution < -0.4 is 5.32 Å². The third-order valence-electron chi connectivity index (χ3n) is 3.37. The third kappa shape index (κ3) is 3.67. The van der Waals surface area contributed by atoms with Crippen LogP contribution in [0.5, 0.6) is 0 Å². The second kappa shape index (κ2) is 6.53. The van der Waals surface area contributed by atoms with E-state index in [1.54, 1.807) is 0 Å². The molecule has 0 fully saturated rings. The molecule has 1 N–H and O–H groups in total. The minimum Gasteiger partial charge on any atom is -0.334 e. The van der Waals surface area contributed by atoms with Crippen LogP contribution in [0.3, 0.4) is 0 Å². The fraction of sp³-hybridized carbons (Fsp3) is 0.438. The second-order valence-corrected chi connectivity index (χ2v) is 5.05. The molecule has 3 nitrogen and oxygen atoms in total. The van der Waals surface area contributed by atoms with Gasteiger partial charge < -0.3 is 9.88 Å². The number of hydrogen-bond donors (Lipinski definition) is 1. The zero-order valence-corrected chi connectivity index (χ0v) is 12.1. The van der Waals surface area contributed by atoms with E-state index in [1.165, 1.54) is 11.1 Å². The lowest BCUT2D eigenvalue weighted by Crippen LogP contribution is -2.20. The molecule has 3 heteroatoms. The van der Waals surface area contributed by atoms with Crippen LogP contribution in [0.15, 0.2) is 36.7 Å². The Morgan fingerprint density at radius 1 is 1.37 bits per heavy atom. The monoisotopic (exact) mass is 257 g/mol. The summed E-state index contributed by atoms with van der Waals surface area (Å²) in [6.45, 7) is 8.36. The average molecular weight is 257 g/mol. The highest BCUT2D eigenvalue weighted by Gasteiger charge is 2.07. The Morgan fingerprint density at radius 3 is 2.95 bits per heavy atom. The number of rotatable bonds is 6. The van der Waals surface area contributed by atoms with Gasteiger partial charge in [-0.3, -0.25) is 0 Å².